The summed E-state index contributed by atoms with van der Waals surface area (Å²) in [6, 6.07) is 0. The summed E-state index contributed by atoms with van der Waals surface area (Å²) < 4.78 is 0. The van der Waals surface area contributed by atoms with Crippen LogP contribution in [0.15, 0.2) is 0 Å². The number of hydrogen-bond donors (Lipinski definition) is 2. The van der Waals surface area contributed by atoms with Crippen LogP contribution in [0.2, 0.25) is 0 Å². The standard InChI is InChI=1S/C8H13NO3S/c1-5(8(11)12)3-9-4-6(13)2-7(9)10/h5-6,13H,2-4H2,1H3,(H,11,12). The third kappa shape index (κ3) is 2.62. The summed E-state index contributed by atoms with van der Waals surface area (Å²) in [6.07, 6.45) is 0.426. The number of aliphatic carboxylic acids is 1. The molecule has 1 rings (SSSR count). The highest BCUT2D eigenvalue weighted by atomic mass is 32.1. The topological polar surface area (TPSA) is 57.6 Å². The van der Waals surface area contributed by atoms with E-state index < -0.39 is 11.9 Å². The zero-order valence-electron chi connectivity index (χ0n) is 7.43. The molecule has 0 saturated carbocycles. The monoisotopic (exact) mass is 203 g/mol. The molecule has 1 aliphatic rings. The molecule has 1 heterocycles. The lowest BCUT2D eigenvalue weighted by Gasteiger charge is -2.18. The van der Waals surface area contributed by atoms with Gasteiger partial charge in [-0.2, -0.15) is 12.6 Å². The summed E-state index contributed by atoms with van der Waals surface area (Å²) in [5, 5.41) is 8.70. The van der Waals surface area contributed by atoms with E-state index in [1.807, 2.05) is 0 Å². The SMILES string of the molecule is CC(CN1CC(S)CC1=O)C(=O)O. The lowest BCUT2D eigenvalue weighted by molar-refractivity contribution is -0.142. The zero-order chi connectivity index (χ0) is 10.0. The summed E-state index contributed by atoms with van der Waals surface area (Å²) in [7, 11) is 0. The van der Waals surface area contributed by atoms with Gasteiger partial charge in [-0.15, -0.1) is 0 Å². The Kier molecular flexibility index (Phi) is 3.19. The van der Waals surface area contributed by atoms with E-state index >= 15 is 0 Å². The molecule has 0 aliphatic carbocycles. The minimum Gasteiger partial charge on any atom is -0.481 e. The molecule has 0 bridgehead atoms. The molecule has 5 heteroatoms. The lowest BCUT2D eigenvalue weighted by atomic mass is 10.2. The Labute approximate surface area is 82.3 Å². The fraction of sp³-hybridized carbons (Fsp3) is 0.750. The second-order valence-corrected chi connectivity index (χ2v) is 4.13. The second-order valence-electron chi connectivity index (χ2n) is 3.40. The molecule has 1 N–H and O–H groups in total. The predicted molar refractivity (Wildman–Crippen MR) is 50.8 cm³/mol. The van der Waals surface area contributed by atoms with Crippen molar-refractivity contribution in [2.45, 2.75) is 18.6 Å². The third-order valence-corrected chi connectivity index (χ3v) is 2.46. The number of carboxylic acids is 1. The molecule has 2 unspecified atom stereocenters. The van der Waals surface area contributed by atoms with Crippen molar-refractivity contribution in [2.24, 2.45) is 5.92 Å². The summed E-state index contributed by atoms with van der Waals surface area (Å²) in [5.74, 6) is -1.36. The van der Waals surface area contributed by atoms with Gasteiger partial charge in [-0.3, -0.25) is 9.59 Å². The van der Waals surface area contributed by atoms with Crippen LogP contribution in [0.5, 0.6) is 0 Å². The Bertz CT molecular complexity index is 231. The van der Waals surface area contributed by atoms with E-state index in [0.29, 0.717) is 19.5 Å². The van der Waals surface area contributed by atoms with Crippen LogP contribution >= 0.6 is 12.6 Å². The summed E-state index contributed by atoms with van der Waals surface area (Å²) in [4.78, 5) is 23.3. The Hall–Kier alpha value is -0.710. The van der Waals surface area contributed by atoms with Gasteiger partial charge in [-0.05, 0) is 0 Å². The van der Waals surface area contributed by atoms with Crippen molar-refractivity contribution >= 4 is 24.5 Å². The molecule has 0 aromatic carbocycles. The Morgan fingerprint density at radius 2 is 2.46 bits per heavy atom. The number of carbonyl (C=O) groups excluding carboxylic acids is 1. The van der Waals surface area contributed by atoms with E-state index in [1.165, 1.54) is 0 Å². The minimum absolute atomic E-state index is 0.00750. The number of thiol groups is 1. The highest BCUT2D eigenvalue weighted by Crippen LogP contribution is 2.17. The van der Waals surface area contributed by atoms with Gasteiger partial charge in [0.25, 0.3) is 0 Å². The molecular formula is C8H13NO3S. The first-order valence-electron chi connectivity index (χ1n) is 4.19. The maximum absolute atomic E-state index is 11.2. The largest absolute Gasteiger partial charge is 0.481 e. The number of nitrogens with zero attached hydrogens (tertiary/aromatic N) is 1. The molecular weight excluding hydrogens is 190 g/mol. The predicted octanol–water partition coefficient (Wildman–Crippen LogP) is 0.238. The average Bonchev–Trinajstić information content (AvgIpc) is 2.30. The van der Waals surface area contributed by atoms with Crippen LogP contribution in [-0.2, 0) is 9.59 Å². The summed E-state index contributed by atoms with van der Waals surface area (Å²) in [6.45, 7) is 2.46. The fourth-order valence-electron chi connectivity index (χ4n) is 1.34. The van der Waals surface area contributed by atoms with Crippen molar-refractivity contribution in [3.63, 3.8) is 0 Å². The van der Waals surface area contributed by atoms with Gasteiger partial charge >= 0.3 is 5.97 Å². The third-order valence-electron chi connectivity index (χ3n) is 2.11. The molecule has 1 saturated heterocycles. The number of likely N-dealkylation sites (tertiary alicyclic amines) is 1. The first-order chi connectivity index (χ1) is 6.00. The molecule has 4 nitrogen and oxygen atoms in total. The summed E-state index contributed by atoms with van der Waals surface area (Å²) >= 11 is 4.18. The number of rotatable bonds is 3. The first kappa shape index (κ1) is 10.4. The number of carbonyl (C=O) groups is 2. The molecule has 13 heavy (non-hydrogen) atoms. The molecule has 1 aliphatic heterocycles. The number of hydrogen-bond acceptors (Lipinski definition) is 3. The van der Waals surface area contributed by atoms with E-state index in [1.54, 1.807) is 11.8 Å². The van der Waals surface area contributed by atoms with Gasteiger partial charge in [0.1, 0.15) is 0 Å². The molecule has 0 aromatic heterocycles. The van der Waals surface area contributed by atoms with Crippen LogP contribution in [0.25, 0.3) is 0 Å². The van der Waals surface area contributed by atoms with Gasteiger partial charge in [0.2, 0.25) is 5.91 Å². The van der Waals surface area contributed by atoms with Gasteiger partial charge in [-0.25, -0.2) is 0 Å². The maximum atomic E-state index is 11.2. The molecule has 74 valence electrons. The fourth-order valence-corrected chi connectivity index (χ4v) is 1.69. The van der Waals surface area contributed by atoms with Gasteiger partial charge in [0.05, 0.1) is 5.92 Å². The van der Waals surface area contributed by atoms with E-state index in [-0.39, 0.29) is 11.2 Å². The van der Waals surface area contributed by atoms with Crippen molar-refractivity contribution in [2.75, 3.05) is 13.1 Å². The molecule has 2 atom stereocenters. The number of carboxylic acid groups (broad SMARTS) is 1. The smallest absolute Gasteiger partial charge is 0.308 e. The van der Waals surface area contributed by atoms with Crippen LogP contribution in [0.3, 0.4) is 0 Å². The molecule has 1 amide bonds. The van der Waals surface area contributed by atoms with Crippen LogP contribution in [0, 0.1) is 5.92 Å². The van der Waals surface area contributed by atoms with Crippen molar-refractivity contribution in [3.8, 4) is 0 Å². The van der Waals surface area contributed by atoms with Gasteiger partial charge < -0.3 is 10.0 Å². The van der Waals surface area contributed by atoms with Crippen LogP contribution < -0.4 is 0 Å². The second kappa shape index (κ2) is 4.00. The normalized spacial score (nSPS) is 24.9. The molecule has 0 spiro atoms. The quantitative estimate of drug-likeness (QED) is 0.646. The van der Waals surface area contributed by atoms with Gasteiger partial charge in [0.15, 0.2) is 0 Å². The molecule has 0 radical (unpaired) electrons. The Morgan fingerprint density at radius 3 is 2.85 bits per heavy atom. The van der Waals surface area contributed by atoms with Crippen LogP contribution in [-0.4, -0.2) is 40.2 Å². The van der Waals surface area contributed by atoms with Crippen molar-refractivity contribution in [1.29, 1.82) is 0 Å². The van der Waals surface area contributed by atoms with Crippen LogP contribution in [0.4, 0.5) is 0 Å². The Morgan fingerprint density at radius 1 is 1.85 bits per heavy atom. The van der Waals surface area contributed by atoms with Crippen molar-refractivity contribution in [3.05, 3.63) is 0 Å². The van der Waals surface area contributed by atoms with E-state index in [2.05, 4.69) is 12.6 Å². The number of amides is 1. The van der Waals surface area contributed by atoms with Crippen LogP contribution in [0.1, 0.15) is 13.3 Å². The van der Waals surface area contributed by atoms with Gasteiger partial charge in [0, 0.05) is 24.8 Å². The van der Waals surface area contributed by atoms with Gasteiger partial charge in [-0.1, -0.05) is 6.92 Å². The molecule has 1 fully saturated rings. The molecule has 0 aromatic rings. The zero-order valence-corrected chi connectivity index (χ0v) is 8.33. The maximum Gasteiger partial charge on any atom is 0.308 e. The van der Waals surface area contributed by atoms with E-state index in [4.69, 9.17) is 5.11 Å². The highest BCUT2D eigenvalue weighted by molar-refractivity contribution is 7.81. The average molecular weight is 203 g/mol. The van der Waals surface area contributed by atoms with E-state index in [9.17, 15) is 9.59 Å². The van der Waals surface area contributed by atoms with Crippen molar-refractivity contribution < 1.29 is 14.7 Å². The first-order valence-corrected chi connectivity index (χ1v) is 4.71. The summed E-state index contributed by atoms with van der Waals surface area (Å²) in [5.41, 5.74) is 0. The van der Waals surface area contributed by atoms with Crippen molar-refractivity contribution in [1.82, 2.24) is 4.90 Å². The lowest BCUT2D eigenvalue weighted by Crippen LogP contribution is -2.33. The minimum atomic E-state index is -0.865. The Balaban J connectivity index is 2.46. The highest BCUT2D eigenvalue weighted by Gasteiger charge is 2.29. The van der Waals surface area contributed by atoms with E-state index in [0.717, 1.165) is 0 Å².